The van der Waals surface area contributed by atoms with Crippen LogP contribution in [0.3, 0.4) is 0 Å². The number of nitriles is 1. The second-order valence-electron chi connectivity index (χ2n) is 5.36. The van der Waals surface area contributed by atoms with Crippen LogP contribution in [0.1, 0.15) is 18.4 Å². The van der Waals surface area contributed by atoms with E-state index in [2.05, 4.69) is 16.3 Å². The Balaban J connectivity index is 1.54. The fraction of sp³-hybridized carbons (Fsp3) is 0.467. The van der Waals surface area contributed by atoms with Crippen LogP contribution in [-0.4, -0.2) is 43.2 Å². The third-order valence-electron chi connectivity index (χ3n) is 3.83. The highest BCUT2D eigenvalue weighted by Crippen LogP contribution is 2.20. The number of piperazine rings is 1. The molecule has 1 aliphatic carbocycles. The lowest BCUT2D eigenvalue weighted by molar-refractivity contribution is 0.194. The lowest BCUT2D eigenvalue weighted by Crippen LogP contribution is -2.52. The van der Waals surface area contributed by atoms with E-state index in [4.69, 9.17) is 5.26 Å². The molecule has 1 aromatic rings. The quantitative estimate of drug-likeness (QED) is 0.887. The molecule has 1 saturated heterocycles. The first-order valence-corrected chi connectivity index (χ1v) is 7.07. The van der Waals surface area contributed by atoms with Gasteiger partial charge in [-0.25, -0.2) is 4.79 Å². The molecule has 1 N–H and O–H groups in total. The number of urea groups is 1. The molecular weight excluding hydrogens is 252 g/mol. The average molecular weight is 270 g/mol. The fourth-order valence-corrected chi connectivity index (χ4v) is 2.41. The highest BCUT2D eigenvalue weighted by atomic mass is 16.2. The molecule has 5 heteroatoms. The van der Waals surface area contributed by atoms with Crippen LogP contribution in [0.15, 0.2) is 24.3 Å². The molecule has 1 heterocycles. The summed E-state index contributed by atoms with van der Waals surface area (Å²) in [4.78, 5) is 16.1. The van der Waals surface area contributed by atoms with Gasteiger partial charge in [-0.1, -0.05) is 0 Å². The summed E-state index contributed by atoms with van der Waals surface area (Å²) in [5.74, 6) is 0. The molecule has 2 fully saturated rings. The zero-order valence-electron chi connectivity index (χ0n) is 11.4. The number of hydrogen-bond acceptors (Lipinski definition) is 3. The maximum Gasteiger partial charge on any atom is 0.317 e. The number of benzene rings is 1. The molecule has 0 aromatic heterocycles. The number of rotatable bonds is 2. The highest BCUT2D eigenvalue weighted by molar-refractivity contribution is 5.75. The number of nitrogens with one attached hydrogen (secondary N) is 1. The standard InChI is InChI=1S/C15H18N4O/c16-11-12-1-5-14(6-2-12)18-7-9-19(10-8-18)15(20)17-13-3-4-13/h1-2,5-6,13H,3-4,7-10H2,(H,17,20). The van der Waals surface area contributed by atoms with Crippen LogP contribution >= 0.6 is 0 Å². The average Bonchev–Trinajstić information content (AvgIpc) is 3.31. The van der Waals surface area contributed by atoms with Gasteiger partial charge in [-0.05, 0) is 37.1 Å². The molecule has 0 unspecified atom stereocenters. The van der Waals surface area contributed by atoms with Gasteiger partial charge in [0.1, 0.15) is 0 Å². The molecule has 1 aliphatic heterocycles. The molecule has 0 spiro atoms. The Kier molecular flexibility index (Phi) is 3.46. The van der Waals surface area contributed by atoms with E-state index in [-0.39, 0.29) is 6.03 Å². The lowest BCUT2D eigenvalue weighted by atomic mass is 10.2. The Morgan fingerprint density at radius 2 is 1.80 bits per heavy atom. The minimum Gasteiger partial charge on any atom is -0.368 e. The first kappa shape index (κ1) is 12.8. The maximum absolute atomic E-state index is 11.9. The summed E-state index contributed by atoms with van der Waals surface area (Å²) < 4.78 is 0. The largest absolute Gasteiger partial charge is 0.368 e. The summed E-state index contributed by atoms with van der Waals surface area (Å²) in [6.45, 7) is 3.17. The smallest absolute Gasteiger partial charge is 0.317 e. The van der Waals surface area contributed by atoms with Crippen LogP contribution in [0.25, 0.3) is 0 Å². The second-order valence-corrected chi connectivity index (χ2v) is 5.36. The van der Waals surface area contributed by atoms with E-state index in [1.165, 1.54) is 0 Å². The Morgan fingerprint density at radius 3 is 2.35 bits per heavy atom. The minimum atomic E-state index is 0.0759. The van der Waals surface area contributed by atoms with Crippen molar-refractivity contribution in [3.63, 3.8) is 0 Å². The normalized spacial score (nSPS) is 18.6. The summed E-state index contributed by atoms with van der Waals surface area (Å²) in [6.07, 6.45) is 2.24. The number of carbonyl (C=O) groups is 1. The Labute approximate surface area is 118 Å². The third-order valence-corrected chi connectivity index (χ3v) is 3.83. The molecule has 0 bridgehead atoms. The fourth-order valence-electron chi connectivity index (χ4n) is 2.41. The molecule has 2 amide bonds. The number of carbonyl (C=O) groups excluding carboxylic acids is 1. The van der Waals surface area contributed by atoms with Crippen molar-refractivity contribution in [2.45, 2.75) is 18.9 Å². The molecule has 0 atom stereocenters. The van der Waals surface area contributed by atoms with Crippen molar-refractivity contribution in [2.75, 3.05) is 31.1 Å². The van der Waals surface area contributed by atoms with Gasteiger partial charge in [-0.3, -0.25) is 0 Å². The molecule has 2 aliphatic rings. The Morgan fingerprint density at radius 1 is 1.15 bits per heavy atom. The lowest BCUT2D eigenvalue weighted by Gasteiger charge is -2.36. The highest BCUT2D eigenvalue weighted by Gasteiger charge is 2.27. The van der Waals surface area contributed by atoms with Gasteiger partial charge < -0.3 is 15.1 Å². The minimum absolute atomic E-state index is 0.0759. The van der Waals surface area contributed by atoms with Gasteiger partial charge in [0.15, 0.2) is 0 Å². The molecule has 104 valence electrons. The third kappa shape index (κ3) is 2.85. The van der Waals surface area contributed by atoms with Gasteiger partial charge in [0.2, 0.25) is 0 Å². The summed E-state index contributed by atoms with van der Waals surface area (Å²) in [5, 5.41) is 11.8. The molecular formula is C15H18N4O. The zero-order chi connectivity index (χ0) is 13.9. The Hall–Kier alpha value is -2.22. The summed E-state index contributed by atoms with van der Waals surface area (Å²) in [6, 6.07) is 10.2. The summed E-state index contributed by atoms with van der Waals surface area (Å²) in [7, 11) is 0. The van der Waals surface area contributed by atoms with Crippen LogP contribution in [-0.2, 0) is 0 Å². The molecule has 0 radical (unpaired) electrons. The Bertz CT molecular complexity index is 522. The second kappa shape index (κ2) is 5.41. The van der Waals surface area contributed by atoms with Crippen LogP contribution in [0.2, 0.25) is 0 Å². The predicted molar refractivity (Wildman–Crippen MR) is 76.5 cm³/mol. The van der Waals surface area contributed by atoms with Crippen molar-refractivity contribution in [1.82, 2.24) is 10.2 Å². The van der Waals surface area contributed by atoms with E-state index in [1.807, 2.05) is 29.2 Å². The number of amides is 2. The number of hydrogen-bond donors (Lipinski definition) is 1. The van der Waals surface area contributed by atoms with E-state index in [1.54, 1.807) is 0 Å². The summed E-state index contributed by atoms with van der Waals surface area (Å²) in [5.41, 5.74) is 1.79. The molecule has 1 saturated carbocycles. The van der Waals surface area contributed by atoms with Crippen LogP contribution in [0.4, 0.5) is 10.5 Å². The van der Waals surface area contributed by atoms with Crippen molar-refractivity contribution in [3.05, 3.63) is 29.8 Å². The zero-order valence-corrected chi connectivity index (χ0v) is 11.4. The van der Waals surface area contributed by atoms with E-state index in [9.17, 15) is 4.79 Å². The van der Waals surface area contributed by atoms with E-state index in [0.29, 0.717) is 11.6 Å². The first-order valence-electron chi connectivity index (χ1n) is 7.07. The molecule has 3 rings (SSSR count). The van der Waals surface area contributed by atoms with E-state index >= 15 is 0 Å². The predicted octanol–water partition coefficient (Wildman–Crippen LogP) is 1.55. The van der Waals surface area contributed by atoms with Gasteiger partial charge in [-0.2, -0.15) is 5.26 Å². The number of nitrogens with zero attached hydrogens (tertiary/aromatic N) is 3. The van der Waals surface area contributed by atoms with Crippen LogP contribution in [0, 0.1) is 11.3 Å². The van der Waals surface area contributed by atoms with Crippen molar-refractivity contribution in [2.24, 2.45) is 0 Å². The van der Waals surface area contributed by atoms with Crippen molar-refractivity contribution in [1.29, 1.82) is 5.26 Å². The molecule has 20 heavy (non-hydrogen) atoms. The van der Waals surface area contributed by atoms with E-state index in [0.717, 1.165) is 44.7 Å². The van der Waals surface area contributed by atoms with Crippen molar-refractivity contribution in [3.8, 4) is 6.07 Å². The van der Waals surface area contributed by atoms with Crippen molar-refractivity contribution < 1.29 is 4.79 Å². The topological polar surface area (TPSA) is 59.4 Å². The van der Waals surface area contributed by atoms with Gasteiger partial charge in [0.25, 0.3) is 0 Å². The molecule has 1 aromatic carbocycles. The molecule has 5 nitrogen and oxygen atoms in total. The SMILES string of the molecule is N#Cc1ccc(N2CCN(C(=O)NC3CC3)CC2)cc1. The maximum atomic E-state index is 11.9. The summed E-state index contributed by atoms with van der Waals surface area (Å²) >= 11 is 0. The first-order chi connectivity index (χ1) is 9.76. The van der Waals surface area contributed by atoms with Gasteiger partial charge in [0, 0.05) is 37.9 Å². The van der Waals surface area contributed by atoms with Crippen LogP contribution in [0.5, 0.6) is 0 Å². The van der Waals surface area contributed by atoms with Crippen LogP contribution < -0.4 is 10.2 Å². The monoisotopic (exact) mass is 270 g/mol. The van der Waals surface area contributed by atoms with Gasteiger partial charge in [-0.15, -0.1) is 0 Å². The van der Waals surface area contributed by atoms with Gasteiger partial charge in [0.05, 0.1) is 11.6 Å². The van der Waals surface area contributed by atoms with Crippen molar-refractivity contribution >= 4 is 11.7 Å². The number of anilines is 1. The van der Waals surface area contributed by atoms with Gasteiger partial charge >= 0.3 is 6.03 Å². The van der Waals surface area contributed by atoms with E-state index < -0.39 is 0 Å².